The van der Waals surface area contributed by atoms with Crippen molar-refractivity contribution in [1.29, 1.82) is 0 Å². The molecule has 3 heterocycles. The molecule has 0 aliphatic rings. The molecular weight excluding hydrogens is 428 g/mol. The van der Waals surface area contributed by atoms with E-state index in [0.717, 1.165) is 16.5 Å². The zero-order valence-electron chi connectivity index (χ0n) is 17.8. The van der Waals surface area contributed by atoms with Crippen molar-refractivity contribution in [3.8, 4) is 5.75 Å². The standard InChI is InChI=1S/C23H23ClN6O2/c1-3-30-22-17(14-29-30)21(26-11-15-6-7-20(32-2)19(24)9-15)18(13-27-22)23(31)28-12-16-5-4-8-25-10-16/h4-10,13-14H,3,11-12H2,1-2H3,(H,26,27)(H,28,31). The summed E-state index contributed by atoms with van der Waals surface area (Å²) in [6.45, 7) is 3.50. The summed E-state index contributed by atoms with van der Waals surface area (Å²) in [7, 11) is 1.58. The minimum absolute atomic E-state index is 0.234. The Bertz CT molecular complexity index is 1240. The van der Waals surface area contributed by atoms with Crippen molar-refractivity contribution in [2.75, 3.05) is 12.4 Å². The van der Waals surface area contributed by atoms with E-state index in [1.807, 2.05) is 37.3 Å². The number of carbonyl (C=O) groups is 1. The molecule has 1 amide bonds. The molecular formula is C23H23ClN6O2. The summed E-state index contributed by atoms with van der Waals surface area (Å²) < 4.78 is 7.01. The van der Waals surface area contributed by atoms with Crippen molar-refractivity contribution in [3.63, 3.8) is 0 Å². The highest BCUT2D eigenvalue weighted by Crippen LogP contribution is 2.28. The van der Waals surface area contributed by atoms with E-state index in [2.05, 4.69) is 25.7 Å². The van der Waals surface area contributed by atoms with Gasteiger partial charge in [-0.1, -0.05) is 23.7 Å². The maximum Gasteiger partial charge on any atom is 0.255 e. The van der Waals surface area contributed by atoms with Crippen LogP contribution in [-0.2, 0) is 19.6 Å². The maximum atomic E-state index is 13.0. The van der Waals surface area contributed by atoms with Gasteiger partial charge in [-0.3, -0.25) is 9.78 Å². The number of nitrogens with one attached hydrogen (secondary N) is 2. The number of ether oxygens (including phenoxy) is 1. The van der Waals surface area contributed by atoms with Crippen LogP contribution in [0.25, 0.3) is 11.0 Å². The summed E-state index contributed by atoms with van der Waals surface area (Å²) in [5.74, 6) is 0.379. The van der Waals surface area contributed by atoms with E-state index >= 15 is 0 Å². The van der Waals surface area contributed by atoms with Gasteiger partial charge >= 0.3 is 0 Å². The SMILES string of the molecule is CCn1ncc2c(NCc3ccc(OC)c(Cl)c3)c(C(=O)NCc3cccnc3)cnc21. The van der Waals surface area contributed by atoms with Crippen LogP contribution in [0.15, 0.2) is 55.1 Å². The van der Waals surface area contributed by atoms with Crippen LogP contribution in [0.3, 0.4) is 0 Å². The zero-order valence-corrected chi connectivity index (χ0v) is 18.6. The van der Waals surface area contributed by atoms with Crippen LogP contribution in [0.4, 0.5) is 5.69 Å². The van der Waals surface area contributed by atoms with Crippen molar-refractivity contribution in [3.05, 3.63) is 76.8 Å². The third-order valence-corrected chi connectivity index (χ3v) is 5.37. The van der Waals surface area contributed by atoms with Crippen LogP contribution in [0.1, 0.15) is 28.4 Å². The van der Waals surface area contributed by atoms with Gasteiger partial charge in [0.05, 0.1) is 35.0 Å². The van der Waals surface area contributed by atoms with Crippen molar-refractivity contribution in [2.24, 2.45) is 0 Å². The van der Waals surface area contributed by atoms with Crippen LogP contribution in [-0.4, -0.2) is 32.8 Å². The molecule has 0 atom stereocenters. The van der Waals surface area contributed by atoms with E-state index < -0.39 is 0 Å². The first kappa shape index (κ1) is 21.6. The van der Waals surface area contributed by atoms with Gasteiger partial charge in [0, 0.05) is 38.2 Å². The van der Waals surface area contributed by atoms with E-state index in [-0.39, 0.29) is 5.91 Å². The van der Waals surface area contributed by atoms with Gasteiger partial charge in [-0.15, -0.1) is 0 Å². The second-order valence-corrected chi connectivity index (χ2v) is 7.52. The van der Waals surface area contributed by atoms with Gasteiger partial charge in [0.1, 0.15) is 5.75 Å². The average molecular weight is 451 g/mol. The molecule has 4 rings (SSSR count). The van der Waals surface area contributed by atoms with Crippen molar-refractivity contribution >= 4 is 34.2 Å². The predicted molar refractivity (Wildman–Crippen MR) is 124 cm³/mol. The van der Waals surface area contributed by atoms with Gasteiger partial charge in [0.15, 0.2) is 5.65 Å². The third kappa shape index (κ3) is 4.50. The maximum absolute atomic E-state index is 13.0. The molecule has 0 fully saturated rings. The fraction of sp³-hybridized carbons (Fsp3) is 0.217. The second-order valence-electron chi connectivity index (χ2n) is 7.11. The molecule has 0 unspecified atom stereocenters. The molecule has 2 N–H and O–H groups in total. The normalized spacial score (nSPS) is 10.8. The molecule has 0 radical (unpaired) electrons. The number of carbonyl (C=O) groups excluding carboxylic acids is 1. The number of hydrogen-bond acceptors (Lipinski definition) is 6. The van der Waals surface area contributed by atoms with Gasteiger partial charge in [-0.25, -0.2) is 9.67 Å². The summed E-state index contributed by atoms with van der Waals surface area (Å²) in [5.41, 5.74) is 3.69. The molecule has 8 nitrogen and oxygen atoms in total. The number of pyridine rings is 2. The van der Waals surface area contributed by atoms with Crippen molar-refractivity contribution in [1.82, 2.24) is 25.1 Å². The number of nitrogens with zero attached hydrogens (tertiary/aromatic N) is 4. The number of methoxy groups -OCH3 is 1. The van der Waals surface area contributed by atoms with Crippen molar-refractivity contribution < 1.29 is 9.53 Å². The Hall–Kier alpha value is -3.65. The highest BCUT2D eigenvalue weighted by atomic mass is 35.5. The molecule has 0 aliphatic heterocycles. The van der Waals surface area contributed by atoms with E-state index in [0.29, 0.717) is 47.3 Å². The second kappa shape index (κ2) is 9.65. The molecule has 4 aromatic rings. The summed E-state index contributed by atoms with van der Waals surface area (Å²) in [5, 5.41) is 12.0. The van der Waals surface area contributed by atoms with Gasteiger partial charge in [-0.2, -0.15) is 5.10 Å². The van der Waals surface area contributed by atoms with Gasteiger partial charge in [0.25, 0.3) is 5.91 Å². The minimum atomic E-state index is -0.234. The van der Waals surface area contributed by atoms with Crippen LogP contribution in [0, 0.1) is 0 Å². The molecule has 1 aromatic carbocycles. The predicted octanol–water partition coefficient (Wildman–Crippen LogP) is 4.05. The summed E-state index contributed by atoms with van der Waals surface area (Å²) in [6.07, 6.45) is 6.73. The third-order valence-electron chi connectivity index (χ3n) is 5.07. The first-order valence-corrected chi connectivity index (χ1v) is 10.6. The molecule has 164 valence electrons. The van der Waals surface area contributed by atoms with E-state index in [9.17, 15) is 4.79 Å². The number of rotatable bonds is 8. The molecule has 3 aromatic heterocycles. The minimum Gasteiger partial charge on any atom is -0.495 e. The molecule has 0 saturated carbocycles. The smallest absolute Gasteiger partial charge is 0.255 e. The molecule has 0 aliphatic carbocycles. The Morgan fingerprint density at radius 1 is 1.16 bits per heavy atom. The topological polar surface area (TPSA) is 94.0 Å². The highest BCUT2D eigenvalue weighted by molar-refractivity contribution is 6.32. The molecule has 32 heavy (non-hydrogen) atoms. The first-order valence-electron chi connectivity index (χ1n) is 10.2. The molecule has 0 bridgehead atoms. The fourth-order valence-electron chi connectivity index (χ4n) is 3.41. The molecule has 0 spiro atoms. The number of aryl methyl sites for hydroxylation is 1. The Morgan fingerprint density at radius 2 is 2.03 bits per heavy atom. The number of aromatic nitrogens is 4. The van der Waals surface area contributed by atoms with E-state index in [1.54, 1.807) is 36.6 Å². The van der Waals surface area contributed by atoms with Crippen LogP contribution >= 0.6 is 11.6 Å². The fourth-order valence-corrected chi connectivity index (χ4v) is 3.69. The Labute approximate surface area is 190 Å². The lowest BCUT2D eigenvalue weighted by atomic mass is 10.1. The van der Waals surface area contributed by atoms with E-state index in [1.165, 1.54) is 0 Å². The van der Waals surface area contributed by atoms with Crippen LogP contribution in [0.5, 0.6) is 5.75 Å². The lowest BCUT2D eigenvalue weighted by molar-refractivity contribution is 0.0951. The summed E-state index contributed by atoms with van der Waals surface area (Å²) in [4.78, 5) is 21.6. The number of anilines is 1. The van der Waals surface area contributed by atoms with Crippen LogP contribution in [0.2, 0.25) is 5.02 Å². The Kier molecular flexibility index (Phi) is 6.51. The number of amides is 1. The average Bonchev–Trinajstić information content (AvgIpc) is 3.25. The highest BCUT2D eigenvalue weighted by Gasteiger charge is 2.18. The summed E-state index contributed by atoms with van der Waals surface area (Å²) in [6, 6.07) is 9.32. The number of benzene rings is 1. The van der Waals surface area contributed by atoms with Crippen molar-refractivity contribution in [2.45, 2.75) is 26.6 Å². The quantitative estimate of drug-likeness (QED) is 0.420. The lowest BCUT2D eigenvalue weighted by Gasteiger charge is -2.14. The van der Waals surface area contributed by atoms with Gasteiger partial charge in [0.2, 0.25) is 0 Å². The number of halogens is 1. The Morgan fingerprint density at radius 3 is 2.75 bits per heavy atom. The number of hydrogen-bond donors (Lipinski definition) is 2. The largest absolute Gasteiger partial charge is 0.495 e. The van der Waals surface area contributed by atoms with Gasteiger partial charge < -0.3 is 15.4 Å². The lowest BCUT2D eigenvalue weighted by Crippen LogP contribution is -2.24. The monoisotopic (exact) mass is 450 g/mol. The number of fused-ring (bicyclic) bond motifs is 1. The summed E-state index contributed by atoms with van der Waals surface area (Å²) >= 11 is 6.26. The van der Waals surface area contributed by atoms with Gasteiger partial charge in [-0.05, 0) is 36.2 Å². The first-order chi connectivity index (χ1) is 15.6. The van der Waals surface area contributed by atoms with E-state index in [4.69, 9.17) is 16.3 Å². The Balaban J connectivity index is 1.62. The molecule has 9 heteroatoms. The zero-order chi connectivity index (χ0) is 22.5. The van der Waals surface area contributed by atoms with Crippen LogP contribution < -0.4 is 15.4 Å². The molecule has 0 saturated heterocycles.